The first-order chi connectivity index (χ1) is 10.6. The number of halogens is 2. The molecule has 1 aliphatic rings. The Morgan fingerprint density at radius 2 is 1.91 bits per heavy atom. The minimum Gasteiger partial charge on any atom is -0.381 e. The molecular formula is C16H17F2N3O. The first kappa shape index (κ1) is 14.8. The van der Waals surface area contributed by atoms with Gasteiger partial charge in [-0.25, -0.2) is 18.7 Å². The molecule has 1 aromatic carbocycles. The molecule has 0 unspecified atom stereocenters. The lowest BCUT2D eigenvalue weighted by molar-refractivity contribution is 0.0844. The van der Waals surface area contributed by atoms with Crippen molar-refractivity contribution in [3.63, 3.8) is 0 Å². The predicted molar refractivity (Wildman–Crippen MR) is 79.2 cm³/mol. The van der Waals surface area contributed by atoms with Crippen LogP contribution in [0, 0.1) is 18.6 Å². The lowest BCUT2D eigenvalue weighted by Gasteiger charge is -2.22. The maximum absolute atomic E-state index is 13.7. The first-order valence-corrected chi connectivity index (χ1v) is 7.27. The number of anilines is 2. The van der Waals surface area contributed by atoms with E-state index in [-0.39, 0.29) is 5.69 Å². The summed E-state index contributed by atoms with van der Waals surface area (Å²) >= 11 is 0. The Hall–Kier alpha value is -2.08. The second kappa shape index (κ2) is 6.36. The molecule has 0 amide bonds. The van der Waals surface area contributed by atoms with E-state index in [1.165, 1.54) is 12.1 Å². The monoisotopic (exact) mass is 305 g/mol. The topological polar surface area (TPSA) is 47.0 Å². The van der Waals surface area contributed by atoms with Crippen molar-refractivity contribution in [1.29, 1.82) is 0 Å². The molecule has 1 saturated heterocycles. The van der Waals surface area contributed by atoms with Crippen LogP contribution in [0.4, 0.5) is 20.3 Å². The van der Waals surface area contributed by atoms with Crippen LogP contribution < -0.4 is 5.32 Å². The zero-order chi connectivity index (χ0) is 15.5. The van der Waals surface area contributed by atoms with Crippen molar-refractivity contribution in [3.8, 4) is 0 Å². The lowest BCUT2D eigenvalue weighted by Crippen LogP contribution is -2.16. The van der Waals surface area contributed by atoms with Gasteiger partial charge in [-0.15, -0.1) is 0 Å². The van der Waals surface area contributed by atoms with Crippen molar-refractivity contribution in [2.24, 2.45) is 0 Å². The number of benzene rings is 1. The summed E-state index contributed by atoms with van der Waals surface area (Å²) < 4.78 is 32.0. The summed E-state index contributed by atoms with van der Waals surface area (Å²) in [7, 11) is 0. The van der Waals surface area contributed by atoms with E-state index in [0.29, 0.717) is 17.6 Å². The second-order valence-corrected chi connectivity index (χ2v) is 5.36. The van der Waals surface area contributed by atoms with Crippen LogP contribution >= 0.6 is 0 Å². The van der Waals surface area contributed by atoms with Crippen LogP contribution in [0.2, 0.25) is 0 Å². The number of hydrogen-bond acceptors (Lipinski definition) is 4. The minimum atomic E-state index is -0.649. The van der Waals surface area contributed by atoms with E-state index in [4.69, 9.17) is 4.74 Å². The van der Waals surface area contributed by atoms with Gasteiger partial charge in [0.15, 0.2) is 0 Å². The van der Waals surface area contributed by atoms with Crippen molar-refractivity contribution in [2.75, 3.05) is 18.5 Å². The summed E-state index contributed by atoms with van der Waals surface area (Å²) in [6, 6.07) is 5.23. The Labute approximate surface area is 127 Å². The van der Waals surface area contributed by atoms with Crippen LogP contribution in [0.5, 0.6) is 0 Å². The molecule has 0 bridgehead atoms. The molecule has 2 heterocycles. The van der Waals surface area contributed by atoms with Gasteiger partial charge in [0.05, 0.1) is 5.69 Å². The van der Waals surface area contributed by atoms with Crippen LogP contribution in [0.3, 0.4) is 0 Å². The highest BCUT2D eigenvalue weighted by atomic mass is 19.1. The van der Waals surface area contributed by atoms with Crippen LogP contribution in [0.1, 0.15) is 30.3 Å². The molecular weight excluding hydrogens is 288 g/mol. The van der Waals surface area contributed by atoms with Crippen molar-refractivity contribution >= 4 is 11.5 Å². The van der Waals surface area contributed by atoms with Crippen molar-refractivity contribution in [1.82, 2.24) is 9.97 Å². The van der Waals surface area contributed by atoms with Gasteiger partial charge in [-0.05, 0) is 31.9 Å². The Bertz CT molecular complexity index is 672. The van der Waals surface area contributed by atoms with Crippen LogP contribution in [0.15, 0.2) is 24.3 Å². The molecule has 6 heteroatoms. The summed E-state index contributed by atoms with van der Waals surface area (Å²) in [5.74, 6) is 0.205. The molecule has 22 heavy (non-hydrogen) atoms. The molecule has 3 rings (SSSR count). The minimum absolute atomic E-state index is 0.192. The van der Waals surface area contributed by atoms with Gasteiger partial charge in [0.1, 0.15) is 23.3 Å². The molecule has 2 aromatic rings. The smallest absolute Gasteiger partial charge is 0.149 e. The molecule has 0 aliphatic carbocycles. The highest BCUT2D eigenvalue weighted by molar-refractivity contribution is 5.57. The van der Waals surface area contributed by atoms with E-state index >= 15 is 0 Å². The summed E-state index contributed by atoms with van der Waals surface area (Å²) in [5, 5.41) is 2.90. The second-order valence-electron chi connectivity index (χ2n) is 5.36. The van der Waals surface area contributed by atoms with Crippen molar-refractivity contribution < 1.29 is 13.5 Å². The molecule has 0 atom stereocenters. The van der Waals surface area contributed by atoms with Crippen molar-refractivity contribution in [2.45, 2.75) is 25.7 Å². The summed E-state index contributed by atoms with van der Waals surface area (Å²) in [4.78, 5) is 8.75. The SMILES string of the molecule is Cc1nc(Nc2ccc(F)cc2F)cc(C2CCOCC2)n1. The quantitative estimate of drug-likeness (QED) is 0.939. The Morgan fingerprint density at radius 3 is 2.64 bits per heavy atom. The molecule has 0 spiro atoms. The maximum Gasteiger partial charge on any atom is 0.149 e. The Morgan fingerprint density at radius 1 is 1.14 bits per heavy atom. The van der Waals surface area contributed by atoms with E-state index < -0.39 is 11.6 Å². The first-order valence-electron chi connectivity index (χ1n) is 7.27. The highest BCUT2D eigenvalue weighted by Gasteiger charge is 2.18. The van der Waals surface area contributed by atoms with Gasteiger partial charge in [-0.2, -0.15) is 0 Å². The fraction of sp³-hybridized carbons (Fsp3) is 0.375. The largest absolute Gasteiger partial charge is 0.381 e. The molecule has 4 nitrogen and oxygen atoms in total. The van der Waals surface area contributed by atoms with Gasteiger partial charge in [-0.3, -0.25) is 0 Å². The average molecular weight is 305 g/mol. The predicted octanol–water partition coefficient (Wildman–Crippen LogP) is 3.70. The van der Waals surface area contributed by atoms with E-state index in [0.717, 1.165) is 37.8 Å². The highest BCUT2D eigenvalue weighted by Crippen LogP contribution is 2.28. The van der Waals surface area contributed by atoms with E-state index in [2.05, 4.69) is 15.3 Å². The van der Waals surface area contributed by atoms with Gasteiger partial charge < -0.3 is 10.1 Å². The molecule has 1 aliphatic heterocycles. The zero-order valence-electron chi connectivity index (χ0n) is 12.3. The maximum atomic E-state index is 13.7. The van der Waals surface area contributed by atoms with Gasteiger partial charge in [-0.1, -0.05) is 0 Å². The fourth-order valence-corrected chi connectivity index (χ4v) is 2.59. The molecule has 1 N–H and O–H groups in total. The molecule has 0 radical (unpaired) electrons. The number of aromatic nitrogens is 2. The van der Waals surface area contributed by atoms with E-state index in [9.17, 15) is 8.78 Å². The third kappa shape index (κ3) is 3.39. The summed E-state index contributed by atoms with van der Waals surface area (Å²) in [6.45, 7) is 3.25. The van der Waals surface area contributed by atoms with Gasteiger partial charge in [0, 0.05) is 37.0 Å². The number of aryl methyl sites for hydroxylation is 1. The Kier molecular flexibility index (Phi) is 4.29. The molecule has 1 aromatic heterocycles. The number of nitrogens with zero attached hydrogens (tertiary/aromatic N) is 2. The van der Waals surface area contributed by atoms with Crippen LogP contribution in [-0.4, -0.2) is 23.2 Å². The van der Waals surface area contributed by atoms with Gasteiger partial charge in [0.2, 0.25) is 0 Å². The standard InChI is InChI=1S/C16H17F2N3O/c1-10-19-15(11-4-6-22-7-5-11)9-16(20-10)21-14-3-2-12(17)8-13(14)18/h2-3,8-9,11H,4-7H2,1H3,(H,19,20,21). The lowest BCUT2D eigenvalue weighted by atomic mass is 9.96. The third-order valence-corrected chi connectivity index (χ3v) is 3.69. The summed E-state index contributed by atoms with van der Waals surface area (Å²) in [5.41, 5.74) is 1.12. The van der Waals surface area contributed by atoms with Crippen molar-refractivity contribution in [3.05, 3.63) is 47.4 Å². The molecule has 1 fully saturated rings. The normalized spacial score (nSPS) is 15.8. The average Bonchev–Trinajstić information content (AvgIpc) is 2.50. The van der Waals surface area contributed by atoms with E-state index in [1.54, 1.807) is 6.92 Å². The number of rotatable bonds is 3. The van der Waals surface area contributed by atoms with Crippen LogP contribution in [0.25, 0.3) is 0 Å². The molecule has 116 valence electrons. The zero-order valence-corrected chi connectivity index (χ0v) is 12.3. The number of hydrogen-bond donors (Lipinski definition) is 1. The molecule has 0 saturated carbocycles. The fourth-order valence-electron chi connectivity index (χ4n) is 2.59. The van der Waals surface area contributed by atoms with Gasteiger partial charge in [0.25, 0.3) is 0 Å². The summed E-state index contributed by atoms with van der Waals surface area (Å²) in [6.07, 6.45) is 1.83. The van der Waals surface area contributed by atoms with Gasteiger partial charge >= 0.3 is 0 Å². The number of ether oxygens (including phenoxy) is 1. The number of nitrogens with one attached hydrogen (secondary N) is 1. The Balaban J connectivity index is 1.85. The van der Waals surface area contributed by atoms with Crippen LogP contribution in [-0.2, 0) is 4.74 Å². The van der Waals surface area contributed by atoms with E-state index in [1.807, 2.05) is 6.07 Å². The third-order valence-electron chi connectivity index (χ3n) is 3.69.